The van der Waals surface area contributed by atoms with E-state index < -0.39 is 0 Å². The Balaban J connectivity index is 1.42. The minimum Gasteiger partial charge on any atom is -0.355 e. The predicted molar refractivity (Wildman–Crippen MR) is 109 cm³/mol. The Labute approximate surface area is 164 Å². The van der Waals surface area contributed by atoms with Crippen LogP contribution in [0.4, 0.5) is 11.5 Å². The summed E-state index contributed by atoms with van der Waals surface area (Å²) in [4.78, 5) is 23.4. The Morgan fingerprint density at radius 2 is 1.79 bits per heavy atom. The Hall–Kier alpha value is -3.22. The third-order valence-electron chi connectivity index (χ3n) is 5.09. The molecular formula is C21H24N6O. The molecule has 0 saturated carbocycles. The topological polar surface area (TPSA) is 75.9 Å². The van der Waals surface area contributed by atoms with Crippen molar-refractivity contribution >= 4 is 17.4 Å². The molecular weight excluding hydrogens is 352 g/mol. The summed E-state index contributed by atoms with van der Waals surface area (Å²) in [6.07, 6.45) is 1.55. The zero-order valence-corrected chi connectivity index (χ0v) is 16.6. The molecule has 0 unspecified atom stereocenters. The van der Waals surface area contributed by atoms with Crippen LogP contribution in [-0.2, 0) is 4.79 Å². The quantitative estimate of drug-likeness (QED) is 0.758. The molecule has 7 nitrogen and oxygen atoms in total. The molecule has 1 amide bonds. The van der Waals surface area contributed by atoms with Gasteiger partial charge in [0.25, 0.3) is 0 Å². The Morgan fingerprint density at radius 3 is 2.50 bits per heavy atom. The van der Waals surface area contributed by atoms with Crippen LogP contribution in [0.25, 0.3) is 5.82 Å². The molecule has 0 bridgehead atoms. The Morgan fingerprint density at radius 1 is 1.04 bits per heavy atom. The number of amides is 1. The molecule has 4 rings (SSSR count). The van der Waals surface area contributed by atoms with Crippen LogP contribution >= 0.6 is 0 Å². The molecule has 3 aromatic rings. The molecule has 1 saturated heterocycles. The zero-order chi connectivity index (χ0) is 19.8. The van der Waals surface area contributed by atoms with Gasteiger partial charge in [-0.05, 0) is 51.0 Å². The highest BCUT2D eigenvalue weighted by atomic mass is 16.2. The molecule has 1 fully saturated rings. The first-order chi connectivity index (χ1) is 13.4. The van der Waals surface area contributed by atoms with Crippen LogP contribution in [0.3, 0.4) is 0 Å². The number of nitrogens with one attached hydrogen (secondary N) is 1. The Kier molecular flexibility index (Phi) is 4.58. The van der Waals surface area contributed by atoms with Crippen molar-refractivity contribution in [2.24, 2.45) is 5.92 Å². The number of anilines is 2. The van der Waals surface area contributed by atoms with Gasteiger partial charge in [-0.25, -0.2) is 14.6 Å². The lowest BCUT2D eigenvalue weighted by Crippen LogP contribution is -2.52. The van der Waals surface area contributed by atoms with Crippen molar-refractivity contribution in [3.8, 4) is 5.82 Å². The maximum atomic E-state index is 12.6. The lowest BCUT2D eigenvalue weighted by Gasteiger charge is -2.39. The van der Waals surface area contributed by atoms with E-state index in [0.717, 1.165) is 39.8 Å². The van der Waals surface area contributed by atoms with E-state index in [4.69, 9.17) is 0 Å². The summed E-state index contributed by atoms with van der Waals surface area (Å²) in [5.74, 6) is 1.55. The van der Waals surface area contributed by atoms with Gasteiger partial charge in [0.15, 0.2) is 5.82 Å². The maximum absolute atomic E-state index is 12.6. The lowest BCUT2D eigenvalue weighted by atomic mass is 9.98. The molecule has 1 aliphatic heterocycles. The summed E-state index contributed by atoms with van der Waals surface area (Å²) in [6.45, 7) is 9.27. The van der Waals surface area contributed by atoms with Gasteiger partial charge in [0.1, 0.15) is 12.1 Å². The van der Waals surface area contributed by atoms with Gasteiger partial charge in [0.2, 0.25) is 5.91 Å². The van der Waals surface area contributed by atoms with Crippen LogP contribution in [0.2, 0.25) is 0 Å². The van der Waals surface area contributed by atoms with E-state index in [1.807, 2.05) is 62.7 Å². The summed E-state index contributed by atoms with van der Waals surface area (Å²) in [7, 11) is 0. The molecule has 2 aromatic heterocycles. The van der Waals surface area contributed by atoms with E-state index in [-0.39, 0.29) is 11.8 Å². The van der Waals surface area contributed by atoms with Gasteiger partial charge in [0.05, 0.1) is 11.6 Å². The number of hydrogen-bond donors (Lipinski definition) is 1. The van der Waals surface area contributed by atoms with E-state index >= 15 is 0 Å². The molecule has 1 aromatic carbocycles. The molecule has 0 radical (unpaired) electrons. The smallest absolute Gasteiger partial charge is 0.231 e. The Bertz CT molecular complexity index is 1040. The average molecular weight is 376 g/mol. The van der Waals surface area contributed by atoms with Crippen molar-refractivity contribution in [2.45, 2.75) is 27.7 Å². The molecule has 0 spiro atoms. The van der Waals surface area contributed by atoms with Crippen molar-refractivity contribution in [1.82, 2.24) is 19.7 Å². The molecule has 0 atom stereocenters. The number of carbonyl (C=O) groups excluding carboxylic acids is 1. The van der Waals surface area contributed by atoms with Gasteiger partial charge in [-0.2, -0.15) is 5.10 Å². The molecule has 144 valence electrons. The normalized spacial score (nSPS) is 14.1. The van der Waals surface area contributed by atoms with Crippen LogP contribution in [-0.4, -0.2) is 38.7 Å². The first kappa shape index (κ1) is 18.2. The third kappa shape index (κ3) is 3.47. The second-order valence-corrected chi connectivity index (χ2v) is 7.48. The van der Waals surface area contributed by atoms with Crippen molar-refractivity contribution < 1.29 is 4.79 Å². The summed E-state index contributed by atoms with van der Waals surface area (Å²) in [5, 5.41) is 7.53. The van der Waals surface area contributed by atoms with Crippen LogP contribution in [0, 0.1) is 33.6 Å². The number of benzene rings is 1. The summed E-state index contributed by atoms with van der Waals surface area (Å²) < 4.78 is 1.81. The van der Waals surface area contributed by atoms with E-state index in [1.165, 1.54) is 0 Å². The van der Waals surface area contributed by atoms with Crippen LogP contribution < -0.4 is 10.2 Å². The number of rotatable bonds is 4. The molecule has 0 aliphatic carbocycles. The van der Waals surface area contributed by atoms with Crippen LogP contribution in [0.1, 0.15) is 22.5 Å². The standard InChI is InChI=1S/C21H24N6O/c1-13-5-6-14(2)18(7-13)24-21(28)17-10-26(11-17)19-9-20(23-12-22-19)27-16(4)8-15(3)25-27/h5-9,12,17H,10-11H2,1-4H3,(H,24,28). The molecule has 1 N–H and O–H groups in total. The minimum atomic E-state index is -0.0491. The van der Waals surface area contributed by atoms with E-state index in [9.17, 15) is 4.79 Å². The van der Waals surface area contributed by atoms with Crippen molar-refractivity contribution in [3.63, 3.8) is 0 Å². The molecule has 7 heteroatoms. The maximum Gasteiger partial charge on any atom is 0.231 e. The van der Waals surface area contributed by atoms with E-state index in [1.54, 1.807) is 6.33 Å². The van der Waals surface area contributed by atoms with Gasteiger partial charge >= 0.3 is 0 Å². The monoisotopic (exact) mass is 376 g/mol. The van der Waals surface area contributed by atoms with E-state index in [0.29, 0.717) is 13.1 Å². The largest absolute Gasteiger partial charge is 0.355 e. The van der Waals surface area contributed by atoms with Gasteiger partial charge < -0.3 is 10.2 Å². The summed E-state index contributed by atoms with van der Waals surface area (Å²) >= 11 is 0. The minimum absolute atomic E-state index is 0.0491. The molecule has 1 aliphatic rings. The summed E-state index contributed by atoms with van der Waals surface area (Å²) in [6, 6.07) is 10.0. The number of nitrogens with zero attached hydrogens (tertiary/aromatic N) is 5. The highest BCUT2D eigenvalue weighted by Crippen LogP contribution is 2.26. The van der Waals surface area contributed by atoms with Crippen molar-refractivity contribution in [2.75, 3.05) is 23.3 Å². The highest BCUT2D eigenvalue weighted by Gasteiger charge is 2.34. The lowest BCUT2D eigenvalue weighted by molar-refractivity contribution is -0.120. The SMILES string of the molecule is Cc1ccc(C)c(NC(=O)C2CN(c3cc(-n4nc(C)cc4C)ncn3)C2)c1. The van der Waals surface area contributed by atoms with Gasteiger partial charge in [0, 0.05) is 30.5 Å². The second-order valence-electron chi connectivity index (χ2n) is 7.48. The van der Waals surface area contributed by atoms with Crippen molar-refractivity contribution in [3.05, 3.63) is 59.2 Å². The number of hydrogen-bond acceptors (Lipinski definition) is 5. The van der Waals surface area contributed by atoms with Gasteiger partial charge in [-0.1, -0.05) is 12.1 Å². The van der Waals surface area contributed by atoms with Gasteiger partial charge in [-0.15, -0.1) is 0 Å². The molecule has 3 heterocycles. The second kappa shape index (κ2) is 7.07. The van der Waals surface area contributed by atoms with Crippen LogP contribution in [0.5, 0.6) is 0 Å². The number of aromatic nitrogens is 4. The predicted octanol–water partition coefficient (Wildman–Crippen LogP) is 2.97. The fourth-order valence-electron chi connectivity index (χ4n) is 3.42. The number of aryl methyl sites for hydroxylation is 4. The first-order valence-corrected chi connectivity index (χ1v) is 9.39. The first-order valence-electron chi connectivity index (χ1n) is 9.39. The van der Waals surface area contributed by atoms with Gasteiger partial charge in [-0.3, -0.25) is 4.79 Å². The summed E-state index contributed by atoms with van der Waals surface area (Å²) in [5.41, 5.74) is 5.06. The number of carbonyl (C=O) groups is 1. The van der Waals surface area contributed by atoms with Crippen LogP contribution in [0.15, 0.2) is 36.7 Å². The van der Waals surface area contributed by atoms with Crippen molar-refractivity contribution in [1.29, 1.82) is 0 Å². The highest BCUT2D eigenvalue weighted by molar-refractivity contribution is 5.95. The fraction of sp³-hybridized carbons (Fsp3) is 0.333. The zero-order valence-electron chi connectivity index (χ0n) is 16.6. The molecule has 28 heavy (non-hydrogen) atoms. The average Bonchev–Trinajstić information content (AvgIpc) is 2.95. The fourth-order valence-corrected chi connectivity index (χ4v) is 3.42. The van der Waals surface area contributed by atoms with E-state index in [2.05, 4.69) is 25.3 Å². The third-order valence-corrected chi connectivity index (χ3v) is 5.09.